The maximum Gasteiger partial charge on any atom is 0.140 e. The molecule has 1 aliphatic rings. The fourth-order valence-corrected chi connectivity index (χ4v) is 2.66. The largest absolute Gasteiger partial charge is 0.353 e. The predicted molar refractivity (Wildman–Crippen MR) is 81.8 cm³/mol. The van der Waals surface area contributed by atoms with Crippen molar-refractivity contribution in [3.63, 3.8) is 0 Å². The van der Waals surface area contributed by atoms with Crippen molar-refractivity contribution < 1.29 is 0 Å². The van der Waals surface area contributed by atoms with Crippen LogP contribution in [0, 0.1) is 19.3 Å². The van der Waals surface area contributed by atoms with Crippen molar-refractivity contribution in [3.05, 3.63) is 30.1 Å². The van der Waals surface area contributed by atoms with Crippen LogP contribution in [0.2, 0.25) is 0 Å². The summed E-state index contributed by atoms with van der Waals surface area (Å²) in [6, 6.07) is 8.20. The maximum absolute atomic E-state index is 5.37. The molecule has 4 heteroatoms. The van der Waals surface area contributed by atoms with Gasteiger partial charge in [0.25, 0.3) is 0 Å². The van der Waals surface area contributed by atoms with Gasteiger partial charge in [0.1, 0.15) is 11.6 Å². The number of anilines is 1. The second-order valence-corrected chi connectivity index (χ2v) is 5.08. The van der Waals surface area contributed by atoms with Gasteiger partial charge >= 0.3 is 0 Å². The van der Waals surface area contributed by atoms with Crippen molar-refractivity contribution in [2.24, 2.45) is 0 Å². The van der Waals surface area contributed by atoms with Crippen LogP contribution in [-0.2, 0) is 0 Å². The summed E-state index contributed by atoms with van der Waals surface area (Å²) in [4.78, 5) is 13.8. The Morgan fingerprint density at radius 1 is 1.15 bits per heavy atom. The SMILES string of the molecule is C#CCN1CCN(c2nc(C)nc3ccccc23)CC1. The maximum atomic E-state index is 5.37. The van der Waals surface area contributed by atoms with E-state index in [1.165, 1.54) is 0 Å². The van der Waals surface area contributed by atoms with E-state index in [4.69, 9.17) is 6.42 Å². The van der Waals surface area contributed by atoms with Crippen molar-refractivity contribution in [2.45, 2.75) is 6.92 Å². The number of benzene rings is 1. The lowest BCUT2D eigenvalue weighted by atomic mass is 10.2. The van der Waals surface area contributed by atoms with E-state index in [1.807, 2.05) is 25.1 Å². The molecule has 102 valence electrons. The van der Waals surface area contributed by atoms with Gasteiger partial charge in [0, 0.05) is 31.6 Å². The van der Waals surface area contributed by atoms with Gasteiger partial charge < -0.3 is 4.90 Å². The molecular weight excluding hydrogens is 248 g/mol. The topological polar surface area (TPSA) is 32.3 Å². The van der Waals surface area contributed by atoms with Gasteiger partial charge in [-0.25, -0.2) is 9.97 Å². The average molecular weight is 266 g/mol. The van der Waals surface area contributed by atoms with Crippen LogP contribution in [0.3, 0.4) is 0 Å². The molecule has 1 aliphatic heterocycles. The minimum atomic E-state index is 0.734. The number of hydrogen-bond acceptors (Lipinski definition) is 4. The number of fused-ring (bicyclic) bond motifs is 1. The molecule has 4 nitrogen and oxygen atoms in total. The Labute approximate surface area is 119 Å². The van der Waals surface area contributed by atoms with Crippen molar-refractivity contribution >= 4 is 16.7 Å². The first-order valence-corrected chi connectivity index (χ1v) is 6.92. The number of terminal acetylenes is 1. The second kappa shape index (κ2) is 5.48. The predicted octanol–water partition coefficient (Wildman–Crippen LogP) is 1.69. The van der Waals surface area contributed by atoms with E-state index in [0.29, 0.717) is 0 Å². The standard InChI is InChI=1S/C16H18N4/c1-3-8-19-9-11-20(12-10-19)16-14-6-4-5-7-15(14)17-13(2)18-16/h1,4-7H,8-12H2,2H3. The third-order valence-electron chi connectivity index (χ3n) is 3.68. The molecule has 1 aromatic heterocycles. The summed E-state index contributed by atoms with van der Waals surface area (Å²) in [5, 5.41) is 1.13. The Hall–Kier alpha value is -2.12. The molecule has 1 saturated heterocycles. The first-order chi connectivity index (χ1) is 9.78. The fraction of sp³-hybridized carbons (Fsp3) is 0.375. The smallest absolute Gasteiger partial charge is 0.140 e. The third kappa shape index (κ3) is 2.45. The molecular formula is C16H18N4. The number of piperazine rings is 1. The first-order valence-electron chi connectivity index (χ1n) is 6.92. The molecule has 0 radical (unpaired) electrons. The molecule has 0 N–H and O–H groups in total. The van der Waals surface area contributed by atoms with Crippen LogP contribution in [0.15, 0.2) is 24.3 Å². The summed E-state index contributed by atoms with van der Waals surface area (Å²) in [6.45, 7) is 6.58. The third-order valence-corrected chi connectivity index (χ3v) is 3.68. The van der Waals surface area contributed by atoms with Gasteiger partial charge in [-0.2, -0.15) is 0 Å². The number of aryl methyl sites for hydroxylation is 1. The summed E-state index contributed by atoms with van der Waals surface area (Å²) in [6.07, 6.45) is 5.37. The molecule has 0 spiro atoms. The van der Waals surface area contributed by atoms with E-state index in [1.54, 1.807) is 0 Å². The van der Waals surface area contributed by atoms with Gasteiger partial charge in [-0.1, -0.05) is 18.1 Å². The second-order valence-electron chi connectivity index (χ2n) is 5.08. The molecule has 20 heavy (non-hydrogen) atoms. The van der Waals surface area contributed by atoms with Gasteiger partial charge in [0.05, 0.1) is 12.1 Å². The summed E-state index contributed by atoms with van der Waals surface area (Å²) >= 11 is 0. The molecule has 0 unspecified atom stereocenters. The molecule has 3 rings (SSSR count). The van der Waals surface area contributed by atoms with Crippen LogP contribution in [-0.4, -0.2) is 47.6 Å². The minimum absolute atomic E-state index is 0.734. The van der Waals surface area contributed by atoms with Crippen LogP contribution in [0.4, 0.5) is 5.82 Å². The number of nitrogens with zero attached hydrogens (tertiary/aromatic N) is 4. The van der Waals surface area contributed by atoms with Gasteiger partial charge in [-0.05, 0) is 19.1 Å². The lowest BCUT2D eigenvalue weighted by molar-refractivity contribution is 0.287. The quantitative estimate of drug-likeness (QED) is 0.774. The molecule has 0 saturated carbocycles. The van der Waals surface area contributed by atoms with Crippen LogP contribution in [0.5, 0.6) is 0 Å². The van der Waals surface area contributed by atoms with Crippen LogP contribution in [0.1, 0.15) is 5.82 Å². The highest BCUT2D eigenvalue weighted by Gasteiger charge is 2.19. The molecule has 1 aromatic carbocycles. The zero-order chi connectivity index (χ0) is 13.9. The Morgan fingerprint density at radius 2 is 1.90 bits per heavy atom. The van der Waals surface area contributed by atoms with E-state index in [9.17, 15) is 0 Å². The summed E-state index contributed by atoms with van der Waals surface area (Å²) in [7, 11) is 0. The van der Waals surface area contributed by atoms with E-state index in [0.717, 1.165) is 55.3 Å². The molecule has 0 aliphatic carbocycles. The van der Waals surface area contributed by atoms with E-state index in [-0.39, 0.29) is 0 Å². The monoisotopic (exact) mass is 266 g/mol. The Morgan fingerprint density at radius 3 is 2.65 bits per heavy atom. The summed E-state index contributed by atoms with van der Waals surface area (Å²) in [5.74, 6) is 4.59. The van der Waals surface area contributed by atoms with Crippen LogP contribution in [0.25, 0.3) is 10.9 Å². The molecule has 0 atom stereocenters. The van der Waals surface area contributed by atoms with E-state index < -0.39 is 0 Å². The number of para-hydroxylation sites is 1. The van der Waals surface area contributed by atoms with Crippen molar-refractivity contribution in [2.75, 3.05) is 37.6 Å². The Bertz CT molecular complexity index is 651. The zero-order valence-electron chi connectivity index (χ0n) is 11.7. The first kappa shape index (κ1) is 12.9. The molecule has 0 amide bonds. The highest BCUT2D eigenvalue weighted by molar-refractivity contribution is 5.89. The normalized spacial score (nSPS) is 16.3. The lowest BCUT2D eigenvalue weighted by Crippen LogP contribution is -2.46. The number of aromatic nitrogens is 2. The van der Waals surface area contributed by atoms with Gasteiger partial charge in [0.2, 0.25) is 0 Å². The van der Waals surface area contributed by atoms with Crippen LogP contribution < -0.4 is 4.90 Å². The van der Waals surface area contributed by atoms with Gasteiger partial charge in [-0.15, -0.1) is 6.42 Å². The number of rotatable bonds is 2. The highest BCUT2D eigenvalue weighted by atomic mass is 15.3. The van der Waals surface area contributed by atoms with Gasteiger partial charge in [-0.3, -0.25) is 4.90 Å². The number of hydrogen-bond donors (Lipinski definition) is 0. The van der Waals surface area contributed by atoms with E-state index >= 15 is 0 Å². The molecule has 2 aromatic rings. The lowest BCUT2D eigenvalue weighted by Gasteiger charge is -2.35. The minimum Gasteiger partial charge on any atom is -0.353 e. The molecule has 0 bridgehead atoms. The van der Waals surface area contributed by atoms with Crippen molar-refractivity contribution in [1.29, 1.82) is 0 Å². The summed E-state index contributed by atoms with van der Waals surface area (Å²) < 4.78 is 0. The van der Waals surface area contributed by atoms with Crippen molar-refractivity contribution in [1.82, 2.24) is 14.9 Å². The molecule has 2 heterocycles. The fourth-order valence-electron chi connectivity index (χ4n) is 2.66. The molecule has 1 fully saturated rings. The van der Waals surface area contributed by atoms with Gasteiger partial charge in [0.15, 0.2) is 0 Å². The highest BCUT2D eigenvalue weighted by Crippen LogP contribution is 2.24. The zero-order valence-corrected chi connectivity index (χ0v) is 11.7. The Balaban J connectivity index is 1.90. The van der Waals surface area contributed by atoms with E-state index in [2.05, 4.69) is 31.8 Å². The summed E-state index contributed by atoms with van der Waals surface area (Å²) in [5.41, 5.74) is 1.01. The van der Waals surface area contributed by atoms with Crippen LogP contribution >= 0.6 is 0 Å². The van der Waals surface area contributed by atoms with Crippen molar-refractivity contribution in [3.8, 4) is 12.3 Å². The Kier molecular flexibility index (Phi) is 3.53. The average Bonchev–Trinajstić information content (AvgIpc) is 2.47.